The second-order valence-electron chi connectivity index (χ2n) is 14.3. The van der Waals surface area contributed by atoms with Crippen molar-refractivity contribution in [1.82, 2.24) is 19.5 Å². The Kier molecular flexibility index (Phi) is 10.1. The molecule has 5 nitrogen and oxygen atoms in total. The van der Waals surface area contributed by atoms with Gasteiger partial charge in [-0.05, 0) is 35.2 Å². The molecule has 1 radical (unpaired) electrons. The van der Waals surface area contributed by atoms with Crippen LogP contribution in [0, 0.1) is 12.1 Å². The number of imidazole rings is 1. The van der Waals surface area contributed by atoms with Gasteiger partial charge < -0.3 is 8.98 Å². The van der Waals surface area contributed by atoms with Crippen LogP contribution in [-0.2, 0) is 20.1 Å². The molecule has 4 heterocycles. The second-order valence-corrected chi connectivity index (χ2v) is 25.0. The zero-order valence-corrected chi connectivity index (χ0v) is 35.1. The Morgan fingerprint density at radius 1 is 0.636 bits per heavy atom. The number of para-hydroxylation sites is 1. The molecule has 0 unspecified atom stereocenters. The molecule has 0 saturated heterocycles. The van der Waals surface area contributed by atoms with E-state index in [9.17, 15) is 0 Å². The van der Waals surface area contributed by atoms with Crippen LogP contribution in [0.15, 0.2) is 168 Å². The van der Waals surface area contributed by atoms with E-state index >= 15 is 0 Å². The molecule has 0 fully saturated rings. The van der Waals surface area contributed by atoms with Gasteiger partial charge in [-0.3, -0.25) is 4.98 Å². The Morgan fingerprint density at radius 2 is 1.42 bits per heavy atom. The van der Waals surface area contributed by atoms with E-state index in [4.69, 9.17) is 9.40 Å². The van der Waals surface area contributed by atoms with Gasteiger partial charge in [-0.1, -0.05) is 89.8 Å². The molecule has 6 aromatic carbocycles. The Hall–Kier alpha value is -5.66. The molecule has 0 aliphatic rings. The Bertz CT molecular complexity index is 2920. The van der Waals surface area contributed by atoms with Crippen LogP contribution in [0.1, 0.15) is 0 Å². The van der Waals surface area contributed by atoms with Gasteiger partial charge in [-0.15, -0.1) is 18.2 Å². The number of pyridine rings is 2. The molecule has 7 heteroatoms. The molecule has 10 rings (SSSR count). The number of hydrogen-bond acceptors (Lipinski definition) is 4. The van der Waals surface area contributed by atoms with Crippen molar-refractivity contribution in [3.05, 3.63) is 176 Å². The molecule has 10 aromatic rings. The minimum Gasteiger partial charge on any atom is -0.486 e. The van der Waals surface area contributed by atoms with Gasteiger partial charge in [0.2, 0.25) is 5.71 Å². The zero-order valence-electron chi connectivity index (χ0n) is 30.6. The summed E-state index contributed by atoms with van der Waals surface area (Å²) in [6, 6.07) is 58.6. The van der Waals surface area contributed by atoms with Gasteiger partial charge in [0.05, 0.1) is 22.4 Å². The van der Waals surface area contributed by atoms with E-state index in [1.807, 2.05) is 60.8 Å². The topological polar surface area (TPSA) is 56.7 Å². The van der Waals surface area contributed by atoms with Crippen molar-refractivity contribution in [2.45, 2.75) is 17.3 Å². The van der Waals surface area contributed by atoms with E-state index in [1.54, 1.807) is 6.20 Å². The fraction of sp³-hybridized carbons (Fsp3) is 0.0625. The first-order chi connectivity index (χ1) is 26.4. The Morgan fingerprint density at radius 3 is 2.22 bits per heavy atom. The van der Waals surface area contributed by atoms with Gasteiger partial charge in [0.15, 0.2) is 0 Å². The van der Waals surface area contributed by atoms with Gasteiger partial charge in [-0.2, -0.15) is 0 Å². The monoisotopic (exact) mass is 951 g/mol. The smallest absolute Gasteiger partial charge is 0.216 e. The van der Waals surface area contributed by atoms with Gasteiger partial charge in [0, 0.05) is 48.3 Å². The number of fused-ring (bicyclic) bond motifs is 6. The van der Waals surface area contributed by atoms with E-state index < -0.39 is 13.3 Å². The molecule has 0 N–H and O–H groups in total. The molecule has 0 aliphatic heterocycles. The van der Waals surface area contributed by atoms with Crippen molar-refractivity contribution in [3.63, 3.8) is 0 Å². The van der Waals surface area contributed by atoms with Crippen molar-refractivity contribution < 1.29 is 24.5 Å². The van der Waals surface area contributed by atoms with E-state index in [2.05, 4.69) is 141 Å². The van der Waals surface area contributed by atoms with Gasteiger partial charge in [0.1, 0.15) is 0 Å². The summed E-state index contributed by atoms with van der Waals surface area (Å²) in [6.45, 7) is 0. The van der Waals surface area contributed by atoms with Crippen molar-refractivity contribution in [3.8, 4) is 39.5 Å². The van der Waals surface area contributed by atoms with Crippen LogP contribution in [0.4, 0.5) is 0 Å². The Labute approximate surface area is 336 Å². The molecule has 4 aromatic heterocycles. The normalized spacial score (nSPS) is 11.4. The van der Waals surface area contributed by atoms with E-state index in [-0.39, 0.29) is 20.1 Å². The minimum absolute atomic E-state index is 0. The molecule has 0 aliphatic carbocycles. The van der Waals surface area contributed by atoms with Crippen molar-refractivity contribution in [2.24, 2.45) is 0 Å². The Balaban J connectivity index is 0.000000212. The van der Waals surface area contributed by atoms with Crippen LogP contribution in [0.3, 0.4) is 0 Å². The van der Waals surface area contributed by atoms with E-state index in [1.165, 1.54) is 4.40 Å². The van der Waals surface area contributed by atoms with Crippen LogP contribution in [0.25, 0.3) is 83.3 Å². The number of aromatic nitrogens is 4. The van der Waals surface area contributed by atoms with Crippen LogP contribution in [-0.4, -0.2) is 32.8 Å². The maximum absolute atomic E-state index is 6.33. The number of hydrogen-bond donors (Lipinski definition) is 0. The van der Waals surface area contributed by atoms with Crippen LogP contribution in [0.5, 0.6) is 0 Å². The first-order valence-electron chi connectivity index (χ1n) is 18.1. The van der Waals surface area contributed by atoms with Crippen LogP contribution in [0.2, 0.25) is 17.3 Å². The van der Waals surface area contributed by atoms with Gasteiger partial charge in [0.25, 0.3) is 0 Å². The number of furan rings is 1. The molecule has 0 saturated carbocycles. The standard InChI is InChI=1S/C34H20N3O.C14H16GeN.Ir/c1-2-10-22(11-3-1)24-13-6-7-18-29(24)37-30-20-19-23-12-4-5-14-25(23)31(30)36-33(37)28-16-8-15-26-27-17-9-21-35-34(27)38-32(26)28;1-15(2,3)13-9-10-14(16-11-13)12-7-5-4-6-8-12;/h1-15,17-21H;4-7,9-11H,1-3H3;/q2*-1;. The van der Waals surface area contributed by atoms with Crippen LogP contribution >= 0.6 is 0 Å². The van der Waals surface area contributed by atoms with Crippen LogP contribution < -0.4 is 4.40 Å². The molecule has 0 amide bonds. The predicted molar refractivity (Wildman–Crippen MR) is 225 cm³/mol. The van der Waals surface area contributed by atoms with E-state index in [0.29, 0.717) is 5.71 Å². The molecule has 269 valence electrons. The second kappa shape index (κ2) is 15.2. The zero-order chi connectivity index (χ0) is 36.6. The van der Waals surface area contributed by atoms with Gasteiger partial charge >= 0.3 is 99.8 Å². The summed E-state index contributed by atoms with van der Waals surface area (Å²) in [7, 11) is 0. The van der Waals surface area contributed by atoms with Gasteiger partial charge in [-0.25, -0.2) is 4.98 Å². The first kappa shape index (κ1) is 36.3. The molecular formula is C48H36GeIrN4O-2. The fourth-order valence-corrected chi connectivity index (χ4v) is 9.22. The third kappa shape index (κ3) is 6.94. The molecule has 0 bridgehead atoms. The maximum atomic E-state index is 6.33. The molecule has 55 heavy (non-hydrogen) atoms. The molecule has 0 spiro atoms. The van der Waals surface area contributed by atoms with Crippen molar-refractivity contribution >= 4 is 61.5 Å². The van der Waals surface area contributed by atoms with Crippen molar-refractivity contribution in [2.75, 3.05) is 0 Å². The van der Waals surface area contributed by atoms with Crippen molar-refractivity contribution in [1.29, 1.82) is 0 Å². The molecule has 0 atom stereocenters. The first-order valence-corrected chi connectivity index (χ1v) is 25.5. The maximum Gasteiger partial charge on any atom is 0.216 e. The summed E-state index contributed by atoms with van der Waals surface area (Å²) in [4.78, 5) is 14.3. The largest absolute Gasteiger partial charge is 0.486 e. The summed E-state index contributed by atoms with van der Waals surface area (Å²) in [6.07, 6.45) is 3.79. The number of nitrogens with zero attached hydrogens (tertiary/aromatic N) is 4. The summed E-state index contributed by atoms with van der Waals surface area (Å²) in [5.41, 5.74) is 9.52. The fourth-order valence-electron chi connectivity index (χ4n) is 7.05. The SMILES string of the molecule is [CH3][Ge]([CH3])([CH3])[c]1ccc(-c2[c-]cccc2)nc1.[Ir].[c-]1ccc2c(oc3ncccc32)c1-c1nc2c3ccccc3ccc2n1-c1ccccc1-c1ccccc1. The third-order valence-corrected chi connectivity index (χ3v) is 14.1. The van der Waals surface area contributed by atoms with E-state index in [0.717, 1.165) is 77.6 Å². The number of rotatable bonds is 5. The third-order valence-electron chi connectivity index (χ3n) is 9.83. The summed E-state index contributed by atoms with van der Waals surface area (Å²) < 4.78 is 10.0. The predicted octanol–water partition coefficient (Wildman–Crippen LogP) is 11.7. The number of benzene rings is 6. The summed E-state index contributed by atoms with van der Waals surface area (Å²) in [5.74, 6) is 7.92. The summed E-state index contributed by atoms with van der Waals surface area (Å²) >= 11 is -1.72. The quantitative estimate of drug-likeness (QED) is 0.127. The summed E-state index contributed by atoms with van der Waals surface area (Å²) in [5, 5.41) is 4.25. The average Bonchev–Trinajstić information content (AvgIpc) is 3.81. The minimum atomic E-state index is -1.72. The molecular weight excluding hydrogens is 913 g/mol. The average molecular weight is 950 g/mol.